The van der Waals surface area contributed by atoms with Gasteiger partial charge in [-0.15, -0.1) is 6.42 Å². The molecule has 0 aliphatic heterocycles. The Kier molecular flexibility index (Phi) is 7.96. The number of hydrogen-bond acceptors (Lipinski definition) is 2. The van der Waals surface area contributed by atoms with Gasteiger partial charge in [0.1, 0.15) is 0 Å². The van der Waals surface area contributed by atoms with E-state index in [4.69, 9.17) is 12.2 Å². The molecular weight excluding hydrogens is 176 g/mol. The second-order valence-corrected chi connectivity index (χ2v) is 3.37. The molecule has 0 aromatic heterocycles. The van der Waals surface area contributed by atoms with Crippen LogP contribution in [0.15, 0.2) is 0 Å². The fourth-order valence-electron chi connectivity index (χ4n) is 1.36. The van der Waals surface area contributed by atoms with Crippen LogP contribution < -0.4 is 11.1 Å². The molecule has 14 heavy (non-hydrogen) atoms. The zero-order valence-electron chi connectivity index (χ0n) is 8.88. The molecule has 3 nitrogen and oxygen atoms in total. The van der Waals surface area contributed by atoms with Gasteiger partial charge in [-0.25, -0.2) is 0 Å². The fraction of sp³-hybridized carbons (Fsp3) is 0.727. The van der Waals surface area contributed by atoms with Gasteiger partial charge in [0.05, 0.1) is 6.54 Å². The highest BCUT2D eigenvalue weighted by Gasteiger charge is 2.07. The lowest BCUT2D eigenvalue weighted by atomic mass is 9.96. The molecule has 0 spiro atoms. The van der Waals surface area contributed by atoms with Gasteiger partial charge in [-0.3, -0.25) is 4.79 Å². The van der Waals surface area contributed by atoms with Gasteiger partial charge in [0.25, 0.3) is 0 Å². The summed E-state index contributed by atoms with van der Waals surface area (Å²) in [5, 5.41) is 2.65. The first-order valence-electron chi connectivity index (χ1n) is 5.14. The van der Waals surface area contributed by atoms with Crippen LogP contribution in [0.1, 0.15) is 32.6 Å². The molecule has 0 aromatic carbocycles. The molecule has 0 fully saturated rings. The zero-order chi connectivity index (χ0) is 10.8. The average Bonchev–Trinajstić information content (AvgIpc) is 2.21. The maximum atomic E-state index is 11.2. The summed E-state index contributed by atoms with van der Waals surface area (Å²) < 4.78 is 0. The Morgan fingerprint density at radius 1 is 1.57 bits per heavy atom. The van der Waals surface area contributed by atoms with Crippen molar-refractivity contribution < 1.29 is 4.79 Å². The number of hydrogen-bond donors (Lipinski definition) is 2. The van der Waals surface area contributed by atoms with Gasteiger partial charge in [0.2, 0.25) is 5.91 Å². The van der Waals surface area contributed by atoms with Crippen molar-refractivity contribution in [3.63, 3.8) is 0 Å². The predicted octanol–water partition coefficient (Wildman–Crippen LogP) is 0.891. The Bertz CT molecular complexity index is 196. The second kappa shape index (κ2) is 8.58. The highest BCUT2D eigenvalue weighted by Crippen LogP contribution is 2.13. The van der Waals surface area contributed by atoms with Crippen LogP contribution in [-0.2, 0) is 4.79 Å². The van der Waals surface area contributed by atoms with Gasteiger partial charge in [-0.05, 0) is 25.3 Å². The molecule has 0 aliphatic carbocycles. The van der Waals surface area contributed by atoms with Gasteiger partial charge in [0, 0.05) is 6.42 Å². The van der Waals surface area contributed by atoms with E-state index in [1.807, 2.05) is 0 Å². The fourth-order valence-corrected chi connectivity index (χ4v) is 1.36. The van der Waals surface area contributed by atoms with E-state index in [1.54, 1.807) is 0 Å². The van der Waals surface area contributed by atoms with Crippen molar-refractivity contribution in [1.29, 1.82) is 0 Å². The first-order valence-corrected chi connectivity index (χ1v) is 5.14. The van der Waals surface area contributed by atoms with Crippen LogP contribution in [0.4, 0.5) is 0 Å². The summed E-state index contributed by atoms with van der Waals surface area (Å²) in [6, 6.07) is 0. The minimum atomic E-state index is 0.0402. The Hall–Kier alpha value is -1.01. The van der Waals surface area contributed by atoms with Gasteiger partial charge >= 0.3 is 0 Å². The second-order valence-electron chi connectivity index (χ2n) is 3.37. The first-order chi connectivity index (χ1) is 6.74. The monoisotopic (exact) mass is 196 g/mol. The Morgan fingerprint density at radius 3 is 2.79 bits per heavy atom. The van der Waals surface area contributed by atoms with Crippen molar-refractivity contribution in [3.05, 3.63) is 0 Å². The van der Waals surface area contributed by atoms with Crippen LogP contribution in [0.3, 0.4) is 0 Å². The van der Waals surface area contributed by atoms with E-state index in [0.29, 0.717) is 25.4 Å². The number of rotatable bonds is 7. The van der Waals surface area contributed by atoms with Crippen molar-refractivity contribution in [2.45, 2.75) is 32.6 Å². The van der Waals surface area contributed by atoms with Gasteiger partial charge in [-0.2, -0.15) is 0 Å². The number of carbonyl (C=O) groups excluding carboxylic acids is 1. The SMILES string of the molecule is C#CCNC(=O)CCC(CC)CCN. The summed E-state index contributed by atoms with van der Waals surface area (Å²) in [4.78, 5) is 11.2. The molecule has 3 heteroatoms. The lowest BCUT2D eigenvalue weighted by Gasteiger charge is -2.12. The molecule has 1 amide bonds. The molecule has 0 rings (SSSR count). The minimum Gasteiger partial charge on any atom is -0.345 e. The molecule has 0 bridgehead atoms. The van der Waals surface area contributed by atoms with E-state index in [9.17, 15) is 4.79 Å². The summed E-state index contributed by atoms with van der Waals surface area (Å²) in [7, 11) is 0. The highest BCUT2D eigenvalue weighted by atomic mass is 16.1. The minimum absolute atomic E-state index is 0.0402. The Labute approximate surface area is 86.4 Å². The third kappa shape index (κ3) is 6.50. The molecular formula is C11H20N2O. The summed E-state index contributed by atoms with van der Waals surface area (Å²) in [6.07, 6.45) is 8.57. The highest BCUT2D eigenvalue weighted by molar-refractivity contribution is 5.76. The van der Waals surface area contributed by atoms with Crippen LogP contribution in [-0.4, -0.2) is 19.0 Å². The molecule has 0 aliphatic rings. The molecule has 0 radical (unpaired) electrons. The molecule has 0 saturated heterocycles. The van der Waals surface area contributed by atoms with E-state index in [1.165, 1.54) is 0 Å². The number of carbonyl (C=O) groups is 1. The molecule has 0 heterocycles. The van der Waals surface area contributed by atoms with E-state index < -0.39 is 0 Å². The van der Waals surface area contributed by atoms with Crippen molar-refractivity contribution in [3.8, 4) is 12.3 Å². The van der Waals surface area contributed by atoms with E-state index >= 15 is 0 Å². The van der Waals surface area contributed by atoms with Crippen LogP contribution in [0.5, 0.6) is 0 Å². The van der Waals surface area contributed by atoms with E-state index in [-0.39, 0.29) is 5.91 Å². The topological polar surface area (TPSA) is 55.1 Å². The molecule has 1 unspecified atom stereocenters. The van der Waals surface area contributed by atoms with Crippen molar-refractivity contribution in [2.75, 3.05) is 13.1 Å². The average molecular weight is 196 g/mol. The summed E-state index contributed by atoms with van der Waals surface area (Å²) in [5.41, 5.74) is 5.46. The molecule has 80 valence electrons. The molecule has 0 aromatic rings. The maximum absolute atomic E-state index is 11.2. The van der Waals surface area contributed by atoms with Gasteiger partial charge in [0.15, 0.2) is 0 Å². The number of nitrogens with one attached hydrogen (secondary N) is 1. The Balaban J connectivity index is 3.58. The quantitative estimate of drug-likeness (QED) is 0.594. The van der Waals surface area contributed by atoms with Crippen LogP contribution >= 0.6 is 0 Å². The van der Waals surface area contributed by atoms with Crippen LogP contribution in [0.2, 0.25) is 0 Å². The largest absolute Gasteiger partial charge is 0.345 e. The normalized spacial score (nSPS) is 11.8. The summed E-state index contributed by atoms with van der Waals surface area (Å²) >= 11 is 0. The predicted molar refractivity (Wildman–Crippen MR) is 58.5 cm³/mol. The number of terminal acetylenes is 1. The van der Waals surface area contributed by atoms with Crippen LogP contribution in [0.25, 0.3) is 0 Å². The molecule has 3 N–H and O–H groups in total. The van der Waals surface area contributed by atoms with Gasteiger partial charge in [-0.1, -0.05) is 19.3 Å². The van der Waals surface area contributed by atoms with E-state index in [2.05, 4.69) is 18.2 Å². The van der Waals surface area contributed by atoms with Crippen molar-refractivity contribution >= 4 is 5.91 Å². The van der Waals surface area contributed by atoms with Crippen molar-refractivity contribution in [2.24, 2.45) is 11.7 Å². The summed E-state index contributed by atoms with van der Waals surface area (Å²) in [5.74, 6) is 2.98. The van der Waals surface area contributed by atoms with Crippen LogP contribution in [0, 0.1) is 18.3 Å². The third-order valence-electron chi connectivity index (χ3n) is 2.32. The van der Waals surface area contributed by atoms with E-state index in [0.717, 1.165) is 19.3 Å². The number of amides is 1. The standard InChI is InChI=1S/C11H20N2O/c1-3-9-13-11(14)6-5-10(4-2)7-8-12/h1,10H,4-9,12H2,2H3,(H,13,14). The molecule has 0 saturated carbocycles. The smallest absolute Gasteiger partial charge is 0.220 e. The zero-order valence-corrected chi connectivity index (χ0v) is 8.88. The summed E-state index contributed by atoms with van der Waals surface area (Å²) in [6.45, 7) is 3.15. The lowest BCUT2D eigenvalue weighted by Crippen LogP contribution is -2.24. The van der Waals surface area contributed by atoms with Gasteiger partial charge < -0.3 is 11.1 Å². The maximum Gasteiger partial charge on any atom is 0.220 e. The number of nitrogens with two attached hydrogens (primary N) is 1. The lowest BCUT2D eigenvalue weighted by molar-refractivity contribution is -0.121. The third-order valence-corrected chi connectivity index (χ3v) is 2.32. The molecule has 1 atom stereocenters. The first kappa shape index (κ1) is 13.0. The van der Waals surface area contributed by atoms with Crippen molar-refractivity contribution in [1.82, 2.24) is 5.32 Å². The Morgan fingerprint density at radius 2 is 2.29 bits per heavy atom.